The molecule has 2 aromatic carbocycles. The predicted octanol–water partition coefficient (Wildman–Crippen LogP) is 4.14. The van der Waals surface area contributed by atoms with Gasteiger partial charge in [0.15, 0.2) is 0 Å². The van der Waals surface area contributed by atoms with Crippen LogP contribution in [0, 0.1) is 0 Å². The van der Waals surface area contributed by atoms with Crippen LogP contribution in [0.25, 0.3) is 6.08 Å². The van der Waals surface area contributed by atoms with E-state index < -0.39 is 0 Å². The summed E-state index contributed by atoms with van der Waals surface area (Å²) in [5.41, 5.74) is 2.16. The second kappa shape index (κ2) is 7.64. The molecule has 1 saturated heterocycles. The van der Waals surface area contributed by atoms with Gasteiger partial charge in [-0.25, -0.2) is 0 Å². The first kappa shape index (κ1) is 16.7. The van der Waals surface area contributed by atoms with Crippen LogP contribution in [0.5, 0.6) is 5.75 Å². The maximum Gasteiger partial charge on any atom is 0.266 e. The third-order valence-corrected chi connectivity index (χ3v) is 5.13. The molecule has 0 saturated carbocycles. The highest BCUT2D eigenvalue weighted by Gasteiger charge is 2.31. The van der Waals surface area contributed by atoms with Gasteiger partial charge in [0, 0.05) is 6.54 Å². The number of carbonyl (C=O) groups excluding carboxylic acids is 1. The van der Waals surface area contributed by atoms with Crippen LogP contribution in [0.2, 0.25) is 0 Å². The average molecular weight is 355 g/mol. The number of ether oxygens (including phenoxy) is 1. The Balaban J connectivity index is 1.67. The summed E-state index contributed by atoms with van der Waals surface area (Å²) in [7, 11) is 1.65. The van der Waals surface area contributed by atoms with Gasteiger partial charge >= 0.3 is 0 Å². The highest BCUT2D eigenvalue weighted by Crippen LogP contribution is 2.32. The molecule has 0 N–H and O–H groups in total. The van der Waals surface area contributed by atoms with Crippen LogP contribution < -0.4 is 4.74 Å². The minimum Gasteiger partial charge on any atom is -0.497 e. The zero-order chi connectivity index (χ0) is 16.9. The minimum absolute atomic E-state index is 0.0117. The van der Waals surface area contributed by atoms with Gasteiger partial charge in [-0.1, -0.05) is 66.4 Å². The number of benzene rings is 2. The molecule has 0 unspecified atom stereocenters. The molecular weight excluding hydrogens is 338 g/mol. The van der Waals surface area contributed by atoms with E-state index in [9.17, 15) is 4.79 Å². The fourth-order valence-electron chi connectivity index (χ4n) is 2.43. The molecule has 122 valence electrons. The summed E-state index contributed by atoms with van der Waals surface area (Å²) in [6.45, 7) is 0.586. The third-order valence-electron chi connectivity index (χ3n) is 3.75. The Morgan fingerprint density at radius 3 is 2.50 bits per heavy atom. The van der Waals surface area contributed by atoms with Crippen molar-refractivity contribution in [3.8, 4) is 5.75 Å². The van der Waals surface area contributed by atoms with Gasteiger partial charge < -0.3 is 4.74 Å². The SMILES string of the molecule is COc1ccc(CCN2C(=O)/C(=C\c3ccccc3)SC2=S)cc1. The van der Waals surface area contributed by atoms with E-state index >= 15 is 0 Å². The molecule has 0 bridgehead atoms. The molecule has 0 aliphatic carbocycles. The summed E-state index contributed by atoms with van der Waals surface area (Å²) < 4.78 is 5.78. The number of carbonyl (C=O) groups is 1. The van der Waals surface area contributed by atoms with Gasteiger partial charge in [0.05, 0.1) is 12.0 Å². The first-order valence-electron chi connectivity index (χ1n) is 7.61. The van der Waals surface area contributed by atoms with E-state index in [1.807, 2.05) is 60.7 Å². The summed E-state index contributed by atoms with van der Waals surface area (Å²) >= 11 is 6.74. The number of hydrogen-bond donors (Lipinski definition) is 0. The summed E-state index contributed by atoms with van der Waals surface area (Å²) in [5, 5.41) is 0. The molecule has 1 heterocycles. The van der Waals surface area contributed by atoms with Gasteiger partial charge in [-0.05, 0) is 35.8 Å². The quantitative estimate of drug-likeness (QED) is 0.595. The van der Waals surface area contributed by atoms with Crippen LogP contribution in [0.15, 0.2) is 59.5 Å². The second-order valence-electron chi connectivity index (χ2n) is 5.34. The summed E-state index contributed by atoms with van der Waals surface area (Å²) in [4.78, 5) is 14.9. The van der Waals surface area contributed by atoms with Gasteiger partial charge in [0.25, 0.3) is 5.91 Å². The van der Waals surface area contributed by atoms with Crippen LogP contribution >= 0.6 is 24.0 Å². The van der Waals surface area contributed by atoms with Crippen molar-refractivity contribution in [1.29, 1.82) is 0 Å². The molecule has 1 amide bonds. The van der Waals surface area contributed by atoms with Crippen molar-refractivity contribution in [2.75, 3.05) is 13.7 Å². The summed E-state index contributed by atoms with van der Waals surface area (Å²) in [6, 6.07) is 17.7. The maximum atomic E-state index is 12.6. The molecule has 0 radical (unpaired) electrons. The van der Waals surface area contributed by atoms with E-state index in [0.29, 0.717) is 15.8 Å². The Bertz CT molecular complexity index is 770. The van der Waals surface area contributed by atoms with Crippen molar-refractivity contribution in [1.82, 2.24) is 4.90 Å². The van der Waals surface area contributed by atoms with Crippen LogP contribution in [0.3, 0.4) is 0 Å². The minimum atomic E-state index is -0.0117. The van der Waals surface area contributed by atoms with E-state index in [-0.39, 0.29) is 5.91 Å². The Kier molecular flexibility index (Phi) is 5.33. The standard InChI is InChI=1S/C19H17NO2S2/c1-22-16-9-7-14(8-10-16)11-12-20-18(21)17(24-19(20)23)13-15-5-3-2-4-6-15/h2-10,13H,11-12H2,1H3/b17-13+. The number of hydrogen-bond acceptors (Lipinski definition) is 4. The van der Waals surface area contributed by atoms with Crippen LogP contribution in [0.4, 0.5) is 0 Å². The lowest BCUT2D eigenvalue weighted by molar-refractivity contribution is -0.122. The van der Waals surface area contributed by atoms with E-state index in [4.69, 9.17) is 17.0 Å². The number of rotatable bonds is 5. The lowest BCUT2D eigenvalue weighted by Gasteiger charge is -2.14. The van der Waals surface area contributed by atoms with Crippen molar-refractivity contribution in [2.24, 2.45) is 0 Å². The molecule has 0 aromatic heterocycles. The Labute approximate surface area is 151 Å². The lowest BCUT2D eigenvalue weighted by atomic mass is 10.1. The lowest BCUT2D eigenvalue weighted by Crippen LogP contribution is -2.30. The molecule has 3 nitrogen and oxygen atoms in total. The third kappa shape index (κ3) is 3.86. The molecule has 1 fully saturated rings. The zero-order valence-electron chi connectivity index (χ0n) is 13.3. The van der Waals surface area contributed by atoms with E-state index in [2.05, 4.69) is 0 Å². The predicted molar refractivity (Wildman–Crippen MR) is 103 cm³/mol. The molecule has 0 spiro atoms. The van der Waals surface area contributed by atoms with Gasteiger partial charge in [-0.2, -0.15) is 0 Å². The van der Waals surface area contributed by atoms with Crippen molar-refractivity contribution < 1.29 is 9.53 Å². The van der Waals surface area contributed by atoms with Gasteiger partial charge in [0.2, 0.25) is 0 Å². The van der Waals surface area contributed by atoms with Crippen LogP contribution in [0.1, 0.15) is 11.1 Å². The van der Waals surface area contributed by atoms with Gasteiger partial charge in [-0.15, -0.1) is 0 Å². The average Bonchev–Trinajstić information content (AvgIpc) is 2.88. The van der Waals surface area contributed by atoms with Crippen molar-refractivity contribution >= 4 is 40.3 Å². The zero-order valence-corrected chi connectivity index (χ0v) is 14.9. The van der Waals surface area contributed by atoms with E-state index in [1.165, 1.54) is 11.8 Å². The number of methoxy groups -OCH3 is 1. The molecule has 2 aromatic rings. The number of thiocarbonyl (C=S) groups is 1. The second-order valence-corrected chi connectivity index (χ2v) is 7.02. The van der Waals surface area contributed by atoms with Crippen molar-refractivity contribution in [3.05, 3.63) is 70.6 Å². The van der Waals surface area contributed by atoms with Gasteiger partial charge in [0.1, 0.15) is 10.1 Å². The molecular formula is C19H17NO2S2. The first-order valence-corrected chi connectivity index (χ1v) is 8.83. The summed E-state index contributed by atoms with van der Waals surface area (Å²) in [5.74, 6) is 0.817. The largest absolute Gasteiger partial charge is 0.497 e. The van der Waals surface area contributed by atoms with Crippen LogP contribution in [-0.4, -0.2) is 28.8 Å². The molecule has 0 atom stereocenters. The fraction of sp³-hybridized carbons (Fsp3) is 0.158. The normalized spacial score (nSPS) is 16.0. The van der Waals surface area contributed by atoms with Crippen molar-refractivity contribution in [3.63, 3.8) is 0 Å². The maximum absolute atomic E-state index is 12.6. The van der Waals surface area contributed by atoms with E-state index in [0.717, 1.165) is 23.3 Å². The smallest absolute Gasteiger partial charge is 0.266 e. The Hall–Kier alpha value is -2.11. The number of nitrogens with zero attached hydrogens (tertiary/aromatic N) is 1. The highest BCUT2D eigenvalue weighted by molar-refractivity contribution is 8.26. The van der Waals surface area contributed by atoms with Gasteiger partial charge in [-0.3, -0.25) is 9.69 Å². The Morgan fingerprint density at radius 2 is 1.83 bits per heavy atom. The van der Waals surface area contributed by atoms with Crippen molar-refractivity contribution in [2.45, 2.75) is 6.42 Å². The van der Waals surface area contributed by atoms with Crippen LogP contribution in [-0.2, 0) is 11.2 Å². The number of thioether (sulfide) groups is 1. The first-order chi connectivity index (χ1) is 11.7. The molecule has 24 heavy (non-hydrogen) atoms. The van der Waals surface area contributed by atoms with E-state index in [1.54, 1.807) is 12.0 Å². The molecule has 1 aliphatic rings. The Morgan fingerprint density at radius 1 is 1.12 bits per heavy atom. The molecule has 5 heteroatoms. The fourth-order valence-corrected chi connectivity index (χ4v) is 3.74. The molecule has 1 aliphatic heterocycles. The monoisotopic (exact) mass is 355 g/mol. The highest BCUT2D eigenvalue weighted by atomic mass is 32.2. The summed E-state index contributed by atoms with van der Waals surface area (Å²) in [6.07, 6.45) is 2.65. The number of amides is 1. The topological polar surface area (TPSA) is 29.5 Å². The molecule has 3 rings (SSSR count).